The van der Waals surface area contributed by atoms with Crippen molar-refractivity contribution in [3.05, 3.63) is 192 Å². The molecule has 0 radical (unpaired) electrons. The van der Waals surface area contributed by atoms with Crippen LogP contribution in [0.3, 0.4) is 0 Å². The first kappa shape index (κ1) is 28.0. The Hall–Kier alpha value is -6.62. The van der Waals surface area contributed by atoms with Gasteiger partial charge in [-0.1, -0.05) is 121 Å². The van der Waals surface area contributed by atoms with Crippen molar-refractivity contribution in [1.82, 2.24) is 9.13 Å². The van der Waals surface area contributed by atoms with Gasteiger partial charge in [0.25, 0.3) is 0 Å². The molecule has 1 unspecified atom stereocenters. The molecule has 13 rings (SSSR count). The Balaban J connectivity index is 1.22. The van der Waals surface area contributed by atoms with Gasteiger partial charge in [-0.15, -0.1) is 11.3 Å². The molecule has 0 saturated heterocycles. The third-order valence-electron chi connectivity index (χ3n) is 12.0. The summed E-state index contributed by atoms with van der Waals surface area (Å²) in [6.45, 7) is 0. The van der Waals surface area contributed by atoms with Crippen LogP contribution in [0, 0.1) is 0 Å². The van der Waals surface area contributed by atoms with E-state index < -0.39 is 5.41 Å². The minimum Gasteiger partial charge on any atom is -0.454 e. The van der Waals surface area contributed by atoms with Crippen molar-refractivity contribution in [3.8, 4) is 22.9 Å². The highest BCUT2D eigenvalue weighted by Gasteiger charge is 2.51. The maximum atomic E-state index is 7.28. The van der Waals surface area contributed by atoms with Crippen LogP contribution in [0.5, 0.6) is 11.5 Å². The number of benzene rings is 8. The van der Waals surface area contributed by atoms with Gasteiger partial charge in [0, 0.05) is 58.5 Å². The molecule has 0 amide bonds. The summed E-state index contributed by atoms with van der Waals surface area (Å²) in [5, 5.41) is 7.50. The highest BCUT2D eigenvalue weighted by Crippen LogP contribution is 2.62. The smallest absolute Gasteiger partial charge is 0.156 e. The molecule has 0 N–H and O–H groups in total. The molecule has 0 saturated carbocycles. The number of thiophene rings is 1. The Morgan fingerprint density at radius 2 is 1.06 bits per heavy atom. The summed E-state index contributed by atoms with van der Waals surface area (Å²) in [4.78, 5) is 0. The lowest BCUT2D eigenvalue weighted by atomic mass is 9.61. The van der Waals surface area contributed by atoms with Crippen molar-refractivity contribution >= 4 is 75.1 Å². The van der Waals surface area contributed by atoms with E-state index in [1.807, 2.05) is 11.3 Å². The average Bonchev–Trinajstić information content (AvgIpc) is 3.88. The average molecular weight is 693 g/mol. The van der Waals surface area contributed by atoms with Crippen LogP contribution in [0.25, 0.3) is 75.2 Å². The van der Waals surface area contributed by atoms with E-state index in [0.29, 0.717) is 0 Å². The number of aromatic nitrogens is 2. The molecule has 3 aromatic heterocycles. The van der Waals surface area contributed by atoms with E-state index in [9.17, 15) is 0 Å². The number of ether oxygens (including phenoxy) is 1. The van der Waals surface area contributed by atoms with Crippen LogP contribution >= 0.6 is 11.3 Å². The van der Waals surface area contributed by atoms with Crippen LogP contribution in [-0.4, -0.2) is 9.13 Å². The summed E-state index contributed by atoms with van der Waals surface area (Å²) in [6, 6.07) is 62.6. The van der Waals surface area contributed by atoms with Crippen LogP contribution in [0.1, 0.15) is 22.3 Å². The zero-order valence-corrected chi connectivity index (χ0v) is 29.2. The van der Waals surface area contributed by atoms with Gasteiger partial charge in [-0.25, -0.2) is 0 Å². The maximum absolute atomic E-state index is 7.28. The normalized spacial score (nSPS) is 15.8. The van der Waals surface area contributed by atoms with Crippen molar-refractivity contribution in [2.75, 3.05) is 0 Å². The minimum absolute atomic E-state index is 0.631. The SMILES string of the molecule is c1ccc2c(c1)Oc1c(ccc3c4ccccc4n(-c4ccc5sc6ccccc6c5c4)c13)C21c2ccccc2-n2c3ccccc3c3cccc1c32. The maximum Gasteiger partial charge on any atom is 0.156 e. The van der Waals surface area contributed by atoms with Crippen molar-refractivity contribution in [2.24, 2.45) is 0 Å². The molecule has 11 aromatic rings. The molecule has 0 fully saturated rings. The van der Waals surface area contributed by atoms with Gasteiger partial charge in [-0.3, -0.25) is 0 Å². The second-order valence-electron chi connectivity index (χ2n) is 14.4. The number of fused-ring (bicyclic) bond motifs is 18. The van der Waals surface area contributed by atoms with Gasteiger partial charge in [-0.2, -0.15) is 0 Å². The summed E-state index contributed by atoms with van der Waals surface area (Å²) in [5.41, 5.74) is 11.3. The first-order valence-corrected chi connectivity index (χ1v) is 19.0. The Morgan fingerprint density at radius 3 is 1.92 bits per heavy atom. The molecule has 2 aliphatic heterocycles. The fraction of sp³-hybridized carbons (Fsp3) is 0.0204. The largest absolute Gasteiger partial charge is 0.454 e. The molecule has 246 valence electrons. The zero-order chi connectivity index (χ0) is 34.4. The number of rotatable bonds is 1. The van der Waals surface area contributed by atoms with Gasteiger partial charge in [-0.05, 0) is 59.7 Å². The van der Waals surface area contributed by atoms with E-state index in [-0.39, 0.29) is 0 Å². The first-order chi connectivity index (χ1) is 26.3. The van der Waals surface area contributed by atoms with Gasteiger partial charge in [0.05, 0.1) is 33.2 Å². The predicted octanol–water partition coefficient (Wildman–Crippen LogP) is 13.1. The monoisotopic (exact) mass is 692 g/mol. The van der Waals surface area contributed by atoms with E-state index in [1.54, 1.807) is 0 Å². The van der Waals surface area contributed by atoms with Crippen LogP contribution < -0.4 is 4.74 Å². The molecule has 1 atom stereocenters. The van der Waals surface area contributed by atoms with E-state index in [0.717, 1.165) is 39.3 Å². The summed E-state index contributed by atoms with van der Waals surface area (Å²) < 4.78 is 14.8. The molecule has 2 aliphatic rings. The second-order valence-corrected chi connectivity index (χ2v) is 15.5. The van der Waals surface area contributed by atoms with Crippen molar-refractivity contribution in [3.63, 3.8) is 0 Å². The number of para-hydroxylation sites is 5. The second kappa shape index (κ2) is 9.82. The van der Waals surface area contributed by atoms with Gasteiger partial charge < -0.3 is 13.9 Å². The highest BCUT2D eigenvalue weighted by atomic mass is 32.1. The van der Waals surface area contributed by atoms with Gasteiger partial charge in [0.1, 0.15) is 5.75 Å². The summed E-state index contributed by atoms with van der Waals surface area (Å²) in [6.07, 6.45) is 0. The predicted molar refractivity (Wildman–Crippen MR) is 220 cm³/mol. The molecule has 8 aromatic carbocycles. The molecule has 53 heavy (non-hydrogen) atoms. The van der Waals surface area contributed by atoms with Gasteiger partial charge in [0.2, 0.25) is 0 Å². The van der Waals surface area contributed by atoms with E-state index in [1.165, 1.54) is 69.6 Å². The molecule has 0 bridgehead atoms. The quantitative estimate of drug-likeness (QED) is 0.168. The number of hydrogen-bond acceptors (Lipinski definition) is 2. The molecule has 0 aliphatic carbocycles. The number of hydrogen-bond donors (Lipinski definition) is 0. The molecule has 4 heteroatoms. The molecular weight excluding hydrogens is 665 g/mol. The van der Waals surface area contributed by atoms with Gasteiger partial charge in [0.15, 0.2) is 5.75 Å². The Labute approximate surface area is 308 Å². The van der Waals surface area contributed by atoms with Crippen LogP contribution in [0.2, 0.25) is 0 Å². The topological polar surface area (TPSA) is 19.1 Å². The fourth-order valence-electron chi connectivity index (χ4n) is 9.95. The number of nitrogens with zero attached hydrogens (tertiary/aromatic N) is 2. The van der Waals surface area contributed by atoms with E-state index in [2.05, 4.69) is 179 Å². The van der Waals surface area contributed by atoms with Crippen molar-refractivity contribution < 1.29 is 4.74 Å². The third-order valence-corrected chi connectivity index (χ3v) is 13.1. The van der Waals surface area contributed by atoms with Crippen LogP contribution in [-0.2, 0) is 5.41 Å². The van der Waals surface area contributed by atoms with Crippen molar-refractivity contribution in [1.29, 1.82) is 0 Å². The molecular formula is C49H28N2OS. The lowest BCUT2D eigenvalue weighted by molar-refractivity contribution is 0.438. The standard InChI is InChI=1S/C49H28N2OS/c1-6-19-40-31(13-1)34-25-26-39-48(47(34)50(40)29-24-27-45-35(28-29)32-14-3-10-23-44(32)53-45)52-43-22-9-5-17-37(43)49(39)36-16-4-8-21-42(36)51-41-20-7-2-12-30(41)33-15-11-18-38(49)46(33)51/h1-28H. The fourth-order valence-corrected chi connectivity index (χ4v) is 11.0. The zero-order valence-electron chi connectivity index (χ0n) is 28.4. The lowest BCUT2D eigenvalue weighted by Gasteiger charge is -2.45. The Bertz CT molecular complexity index is 3400. The first-order valence-electron chi connectivity index (χ1n) is 18.2. The van der Waals surface area contributed by atoms with Crippen LogP contribution in [0.15, 0.2) is 170 Å². The Kier molecular flexibility index (Phi) is 5.19. The minimum atomic E-state index is -0.631. The molecule has 3 nitrogen and oxygen atoms in total. The molecule has 1 spiro atoms. The Morgan fingerprint density at radius 1 is 0.415 bits per heavy atom. The summed E-state index contributed by atoms with van der Waals surface area (Å²) in [7, 11) is 0. The van der Waals surface area contributed by atoms with E-state index >= 15 is 0 Å². The third kappa shape index (κ3) is 3.32. The van der Waals surface area contributed by atoms with Gasteiger partial charge >= 0.3 is 0 Å². The highest BCUT2D eigenvalue weighted by molar-refractivity contribution is 7.25. The van der Waals surface area contributed by atoms with Crippen molar-refractivity contribution in [2.45, 2.75) is 5.41 Å². The summed E-state index contributed by atoms with van der Waals surface area (Å²) >= 11 is 1.86. The summed E-state index contributed by atoms with van der Waals surface area (Å²) in [5.74, 6) is 1.80. The molecule has 5 heterocycles. The lowest BCUT2D eigenvalue weighted by Crippen LogP contribution is -2.37. The van der Waals surface area contributed by atoms with Crippen LogP contribution in [0.4, 0.5) is 0 Å². The van der Waals surface area contributed by atoms with E-state index in [4.69, 9.17) is 4.74 Å².